The molecule has 1 aliphatic rings. The number of amides is 1. The van der Waals surface area contributed by atoms with E-state index in [1.807, 2.05) is 26.8 Å². The van der Waals surface area contributed by atoms with E-state index in [4.69, 9.17) is 9.26 Å². The van der Waals surface area contributed by atoms with Gasteiger partial charge in [0.15, 0.2) is 0 Å². The van der Waals surface area contributed by atoms with Crippen LogP contribution in [0, 0.1) is 19.7 Å². The molecule has 5 rings (SSSR count). The summed E-state index contributed by atoms with van der Waals surface area (Å²) in [7, 11) is -1.05. The molecule has 0 bridgehead atoms. The molecule has 3 heterocycles. The predicted molar refractivity (Wildman–Crippen MR) is 155 cm³/mol. The Kier molecular flexibility index (Phi) is 9.50. The summed E-state index contributed by atoms with van der Waals surface area (Å²) in [5, 5.41) is 17.4. The first-order valence-electron chi connectivity index (χ1n) is 13.0. The first-order valence-corrected chi connectivity index (χ1v) is 14.9. The highest BCUT2D eigenvalue weighted by molar-refractivity contribution is 7.93. The van der Waals surface area contributed by atoms with Gasteiger partial charge in [-0.3, -0.25) is 4.79 Å². The Morgan fingerprint density at radius 1 is 1.20 bits per heavy atom. The number of aryl methyl sites for hydroxylation is 3. The fourth-order valence-corrected chi connectivity index (χ4v) is 6.20. The van der Waals surface area contributed by atoms with Gasteiger partial charge in [-0.05, 0) is 43.7 Å². The number of halogens is 1. The van der Waals surface area contributed by atoms with Gasteiger partial charge in [0.2, 0.25) is 5.91 Å². The molecule has 1 saturated heterocycles. The topological polar surface area (TPSA) is 143 Å². The van der Waals surface area contributed by atoms with Gasteiger partial charge in [-0.25, -0.2) is 18.6 Å². The summed E-state index contributed by atoms with van der Waals surface area (Å²) in [5.41, 5.74) is 3.19. The standard InChI is InChI=1S/C22H24FN5O4S.C6H9NO/c1-14-9-16(27-33(31)7-5-28(6-8-33)20(30)12-32-2)11-18-21(14)22(25-13-24-18)26-17-4-3-15(23)10-19(17)29;1-3-6-4-5(2)7-8-6/h3-4,9-11,13,29H,5-8,12H2,1-2H3,(H,24,25,26);4H,3H2,1-2H3. The molecular formula is C28H33FN6O5S. The van der Waals surface area contributed by atoms with Gasteiger partial charge >= 0.3 is 0 Å². The van der Waals surface area contributed by atoms with Gasteiger partial charge in [-0.1, -0.05) is 12.1 Å². The van der Waals surface area contributed by atoms with Gasteiger partial charge in [0, 0.05) is 55.6 Å². The van der Waals surface area contributed by atoms with Crippen molar-refractivity contribution in [3.63, 3.8) is 0 Å². The third-order valence-electron chi connectivity index (χ3n) is 6.41. The van der Waals surface area contributed by atoms with Crippen LogP contribution in [-0.4, -0.2) is 73.6 Å². The summed E-state index contributed by atoms with van der Waals surface area (Å²) in [6.07, 6.45) is 2.30. The summed E-state index contributed by atoms with van der Waals surface area (Å²) in [6, 6.07) is 9.15. The number of aromatic nitrogens is 3. The second kappa shape index (κ2) is 13.0. The first-order chi connectivity index (χ1) is 19.6. The molecule has 0 spiro atoms. The van der Waals surface area contributed by atoms with Crippen molar-refractivity contribution in [3.05, 3.63) is 65.6 Å². The van der Waals surface area contributed by atoms with Crippen LogP contribution in [0.25, 0.3) is 10.9 Å². The second-order valence-electron chi connectivity index (χ2n) is 9.54. The smallest absolute Gasteiger partial charge is 0.248 e. The quantitative estimate of drug-likeness (QED) is 0.309. The highest BCUT2D eigenvalue weighted by Crippen LogP contribution is 2.33. The van der Waals surface area contributed by atoms with E-state index in [9.17, 15) is 18.5 Å². The number of aromatic hydroxyl groups is 1. The van der Waals surface area contributed by atoms with Crippen LogP contribution >= 0.6 is 0 Å². The Bertz CT molecular complexity index is 1650. The van der Waals surface area contributed by atoms with Gasteiger partial charge in [-0.2, -0.15) is 4.36 Å². The molecule has 0 atom stereocenters. The van der Waals surface area contributed by atoms with E-state index in [0.29, 0.717) is 52.7 Å². The SMILES string of the molecule is CCc1cc(C)no1.COCC(=O)N1CCS(=O)(=Nc2cc(C)c3c(Nc4ccc(F)cc4O)ncnc3c2)CC1. The largest absolute Gasteiger partial charge is 0.506 e. The average Bonchev–Trinajstić information content (AvgIpc) is 3.36. The number of fused-ring (bicyclic) bond motifs is 1. The Labute approximate surface area is 237 Å². The fraction of sp³-hybridized carbons (Fsp3) is 0.357. The number of carbonyl (C=O) groups is 1. The maximum Gasteiger partial charge on any atom is 0.248 e. The monoisotopic (exact) mass is 584 g/mol. The lowest BCUT2D eigenvalue weighted by Gasteiger charge is -2.28. The zero-order valence-electron chi connectivity index (χ0n) is 23.4. The number of benzene rings is 2. The van der Waals surface area contributed by atoms with Crippen LogP contribution in [0.4, 0.5) is 21.6 Å². The fourth-order valence-electron chi connectivity index (χ4n) is 4.31. The predicted octanol–water partition coefficient (Wildman–Crippen LogP) is 4.66. The summed E-state index contributed by atoms with van der Waals surface area (Å²) >= 11 is 0. The minimum absolute atomic E-state index is 0.00791. The van der Waals surface area contributed by atoms with Crippen molar-refractivity contribution in [1.82, 2.24) is 20.0 Å². The normalized spacial score (nSPS) is 14.3. The summed E-state index contributed by atoms with van der Waals surface area (Å²) in [5.74, 6) is 1.08. The average molecular weight is 585 g/mol. The second-order valence-corrected chi connectivity index (χ2v) is 12.1. The number of nitrogens with zero attached hydrogens (tertiary/aromatic N) is 5. The lowest BCUT2D eigenvalue weighted by molar-refractivity contribution is -0.134. The Balaban J connectivity index is 0.000000417. The summed E-state index contributed by atoms with van der Waals surface area (Å²) in [6.45, 7) is 6.57. The van der Waals surface area contributed by atoms with Gasteiger partial charge in [0.25, 0.3) is 0 Å². The number of hydrogen-bond donors (Lipinski definition) is 2. The number of phenols is 1. The molecule has 1 fully saturated rings. The van der Waals surface area contributed by atoms with Gasteiger partial charge < -0.3 is 24.6 Å². The number of methoxy groups -OCH3 is 1. The number of phenolic OH excluding ortho intramolecular Hbond substituents is 1. The number of hydrogen-bond acceptors (Lipinski definition) is 10. The number of carbonyl (C=O) groups excluding carboxylic acids is 1. The minimum Gasteiger partial charge on any atom is -0.506 e. The van der Waals surface area contributed by atoms with Crippen LogP contribution in [-0.2, 0) is 25.7 Å². The molecule has 0 radical (unpaired) electrons. The third kappa shape index (κ3) is 7.55. The van der Waals surface area contributed by atoms with E-state index in [-0.39, 0.29) is 18.3 Å². The van der Waals surface area contributed by atoms with Crippen molar-refractivity contribution in [2.45, 2.75) is 27.2 Å². The van der Waals surface area contributed by atoms with Crippen LogP contribution in [0.1, 0.15) is 23.9 Å². The number of ether oxygens (including phenoxy) is 1. The number of nitrogens with one attached hydrogen (secondary N) is 1. The molecule has 2 N–H and O–H groups in total. The van der Waals surface area contributed by atoms with Crippen molar-refractivity contribution >= 4 is 43.7 Å². The summed E-state index contributed by atoms with van der Waals surface area (Å²) in [4.78, 5) is 22.2. The van der Waals surface area contributed by atoms with Crippen LogP contribution in [0.5, 0.6) is 5.75 Å². The molecule has 0 aliphatic carbocycles. The van der Waals surface area contributed by atoms with Crippen LogP contribution in [0.15, 0.2) is 51.6 Å². The zero-order valence-corrected chi connectivity index (χ0v) is 24.2. The molecule has 11 nitrogen and oxygen atoms in total. The molecule has 2 aromatic heterocycles. The molecule has 13 heteroatoms. The molecule has 218 valence electrons. The molecule has 2 aromatic carbocycles. The lowest BCUT2D eigenvalue weighted by Crippen LogP contribution is -2.44. The van der Waals surface area contributed by atoms with Crippen LogP contribution in [0.3, 0.4) is 0 Å². The number of rotatable bonds is 6. The molecule has 1 amide bonds. The molecule has 0 saturated carbocycles. The maximum absolute atomic E-state index is 13.3. The Hall–Kier alpha value is -4.10. The van der Waals surface area contributed by atoms with E-state index < -0.39 is 15.5 Å². The van der Waals surface area contributed by atoms with Crippen molar-refractivity contribution in [1.29, 1.82) is 0 Å². The van der Waals surface area contributed by atoms with Crippen LogP contribution < -0.4 is 5.32 Å². The van der Waals surface area contributed by atoms with Gasteiger partial charge in [0.1, 0.15) is 36.1 Å². The molecule has 1 aliphatic heterocycles. The zero-order chi connectivity index (χ0) is 29.6. The van der Waals surface area contributed by atoms with E-state index in [2.05, 4.69) is 24.8 Å². The maximum atomic E-state index is 13.3. The van der Waals surface area contributed by atoms with E-state index >= 15 is 0 Å². The van der Waals surface area contributed by atoms with Crippen molar-refractivity contribution in [2.75, 3.05) is 43.6 Å². The van der Waals surface area contributed by atoms with E-state index in [1.165, 1.54) is 25.6 Å². The highest BCUT2D eigenvalue weighted by Gasteiger charge is 2.24. The molecule has 4 aromatic rings. The van der Waals surface area contributed by atoms with Gasteiger partial charge in [-0.15, -0.1) is 0 Å². The van der Waals surface area contributed by atoms with Crippen LogP contribution in [0.2, 0.25) is 0 Å². The number of anilines is 2. The summed E-state index contributed by atoms with van der Waals surface area (Å²) < 4.78 is 40.9. The molecular weight excluding hydrogens is 551 g/mol. The molecule has 41 heavy (non-hydrogen) atoms. The van der Waals surface area contributed by atoms with E-state index in [0.717, 1.165) is 29.5 Å². The third-order valence-corrected chi connectivity index (χ3v) is 8.60. The minimum atomic E-state index is -2.52. The van der Waals surface area contributed by atoms with Crippen molar-refractivity contribution in [3.8, 4) is 5.75 Å². The lowest BCUT2D eigenvalue weighted by atomic mass is 10.1. The first kappa shape index (κ1) is 29.9. The van der Waals surface area contributed by atoms with Crippen molar-refractivity contribution < 1.29 is 27.8 Å². The highest BCUT2D eigenvalue weighted by atomic mass is 32.2. The van der Waals surface area contributed by atoms with Gasteiger partial charge in [0.05, 0.1) is 32.3 Å². The van der Waals surface area contributed by atoms with E-state index in [1.54, 1.807) is 17.0 Å². The Morgan fingerprint density at radius 3 is 2.56 bits per heavy atom. The Morgan fingerprint density at radius 2 is 1.95 bits per heavy atom. The molecule has 0 unspecified atom stereocenters. The van der Waals surface area contributed by atoms with Crippen molar-refractivity contribution in [2.24, 2.45) is 4.36 Å².